The van der Waals surface area contributed by atoms with E-state index >= 15 is 0 Å². The Balaban J connectivity index is 2.88. The number of carbonyl (C=O) groups is 1. The third kappa shape index (κ3) is 3.26. The Labute approximate surface area is 102 Å². The highest BCUT2D eigenvalue weighted by Crippen LogP contribution is 2.22. The molecule has 0 saturated carbocycles. The highest BCUT2D eigenvalue weighted by molar-refractivity contribution is 6.30. The first-order valence-corrected chi connectivity index (χ1v) is 5.15. The summed E-state index contributed by atoms with van der Waals surface area (Å²) in [5.74, 6) is -0.897. The fourth-order valence-corrected chi connectivity index (χ4v) is 1.35. The molecule has 1 aromatic rings. The lowest BCUT2D eigenvalue weighted by Crippen LogP contribution is -2.30. The molecular formula is C9H12ClN3O4. The van der Waals surface area contributed by atoms with Crippen molar-refractivity contribution in [1.82, 2.24) is 9.97 Å². The van der Waals surface area contributed by atoms with Crippen molar-refractivity contribution in [3.05, 3.63) is 17.0 Å². The van der Waals surface area contributed by atoms with Gasteiger partial charge in [-0.1, -0.05) is 11.6 Å². The van der Waals surface area contributed by atoms with E-state index in [1.165, 1.54) is 0 Å². The predicted octanol–water partition coefficient (Wildman–Crippen LogP) is -0.330. The minimum absolute atomic E-state index is 0.0663. The summed E-state index contributed by atoms with van der Waals surface area (Å²) in [7, 11) is 0. The summed E-state index contributed by atoms with van der Waals surface area (Å²) >= 11 is 5.67. The molecule has 0 fully saturated rings. The monoisotopic (exact) mass is 261 g/mol. The van der Waals surface area contributed by atoms with Crippen molar-refractivity contribution in [2.24, 2.45) is 0 Å². The SMILES string of the molecule is CCOC(=O)C(O)C(O)c1ncc(N)nc1Cl. The molecule has 2 unspecified atom stereocenters. The van der Waals surface area contributed by atoms with Crippen LogP contribution in [-0.4, -0.2) is 38.9 Å². The number of ether oxygens (including phenoxy) is 1. The summed E-state index contributed by atoms with van der Waals surface area (Å²) in [4.78, 5) is 18.5. The van der Waals surface area contributed by atoms with Gasteiger partial charge in [0.2, 0.25) is 0 Å². The minimum Gasteiger partial charge on any atom is -0.464 e. The topological polar surface area (TPSA) is 119 Å². The number of aromatic nitrogens is 2. The van der Waals surface area contributed by atoms with Gasteiger partial charge in [-0.15, -0.1) is 0 Å². The Morgan fingerprint density at radius 2 is 2.29 bits per heavy atom. The Kier molecular flexibility index (Phi) is 4.62. The second kappa shape index (κ2) is 5.76. The normalized spacial score (nSPS) is 14.1. The Morgan fingerprint density at radius 3 is 2.82 bits per heavy atom. The van der Waals surface area contributed by atoms with Crippen molar-refractivity contribution in [2.75, 3.05) is 12.3 Å². The van der Waals surface area contributed by atoms with E-state index in [9.17, 15) is 15.0 Å². The van der Waals surface area contributed by atoms with Crippen molar-refractivity contribution >= 4 is 23.4 Å². The van der Waals surface area contributed by atoms with Crippen LogP contribution in [0.5, 0.6) is 0 Å². The standard InChI is InChI=1S/C9H12ClN3O4/c1-2-17-9(16)7(15)6(14)5-8(10)13-4(11)3-12-5/h3,6-7,14-15H,2H2,1H3,(H2,11,13). The van der Waals surface area contributed by atoms with E-state index in [1.54, 1.807) is 6.92 Å². The number of nitrogen functional groups attached to an aromatic ring is 1. The lowest BCUT2D eigenvalue weighted by Gasteiger charge is -2.16. The third-order valence-corrected chi connectivity index (χ3v) is 2.16. The lowest BCUT2D eigenvalue weighted by molar-refractivity contribution is -0.159. The van der Waals surface area contributed by atoms with E-state index in [4.69, 9.17) is 17.3 Å². The maximum absolute atomic E-state index is 11.2. The Hall–Kier alpha value is -1.44. The van der Waals surface area contributed by atoms with Crippen LogP contribution in [0.15, 0.2) is 6.20 Å². The molecule has 0 spiro atoms. The first-order valence-electron chi connectivity index (χ1n) is 4.78. The highest BCUT2D eigenvalue weighted by Gasteiger charge is 2.30. The molecule has 0 amide bonds. The van der Waals surface area contributed by atoms with E-state index in [-0.39, 0.29) is 23.3 Å². The number of hydrogen-bond acceptors (Lipinski definition) is 7. The lowest BCUT2D eigenvalue weighted by atomic mass is 10.1. The van der Waals surface area contributed by atoms with E-state index in [0.29, 0.717) is 0 Å². The molecule has 0 aromatic carbocycles. The highest BCUT2D eigenvalue weighted by atomic mass is 35.5. The molecule has 0 radical (unpaired) electrons. The molecule has 94 valence electrons. The maximum atomic E-state index is 11.2. The Morgan fingerprint density at radius 1 is 1.65 bits per heavy atom. The quantitative estimate of drug-likeness (QED) is 0.635. The van der Waals surface area contributed by atoms with Crippen LogP contribution in [0, 0.1) is 0 Å². The molecule has 7 nitrogen and oxygen atoms in total. The van der Waals surface area contributed by atoms with Crippen molar-refractivity contribution in [3.8, 4) is 0 Å². The zero-order valence-corrected chi connectivity index (χ0v) is 9.76. The van der Waals surface area contributed by atoms with Crippen molar-refractivity contribution in [1.29, 1.82) is 0 Å². The molecule has 1 aromatic heterocycles. The molecule has 8 heteroatoms. The number of nitrogens with zero attached hydrogens (tertiary/aromatic N) is 2. The van der Waals surface area contributed by atoms with Crippen LogP contribution in [0.2, 0.25) is 5.15 Å². The van der Waals surface area contributed by atoms with Gasteiger partial charge in [0, 0.05) is 0 Å². The fourth-order valence-electron chi connectivity index (χ4n) is 1.09. The zero-order valence-electron chi connectivity index (χ0n) is 9.00. The van der Waals surface area contributed by atoms with Crippen LogP contribution in [0.4, 0.5) is 5.82 Å². The number of rotatable bonds is 4. The van der Waals surface area contributed by atoms with Gasteiger partial charge in [0.25, 0.3) is 0 Å². The average Bonchev–Trinajstić information content (AvgIpc) is 2.27. The number of aliphatic hydroxyl groups is 2. The summed E-state index contributed by atoms with van der Waals surface area (Å²) in [5, 5.41) is 19.0. The molecule has 0 aliphatic carbocycles. The molecule has 4 N–H and O–H groups in total. The molecule has 0 bridgehead atoms. The first kappa shape index (κ1) is 13.6. The van der Waals surface area contributed by atoms with Crippen molar-refractivity contribution in [2.45, 2.75) is 19.1 Å². The number of hydrogen-bond donors (Lipinski definition) is 3. The van der Waals surface area contributed by atoms with E-state index in [0.717, 1.165) is 6.20 Å². The number of nitrogens with two attached hydrogens (primary N) is 1. The molecule has 1 rings (SSSR count). The van der Waals surface area contributed by atoms with Crippen LogP contribution in [0.1, 0.15) is 18.7 Å². The number of carbonyl (C=O) groups excluding carboxylic acids is 1. The van der Waals surface area contributed by atoms with E-state index < -0.39 is 18.2 Å². The largest absolute Gasteiger partial charge is 0.464 e. The summed E-state index contributed by atoms with van der Waals surface area (Å²) in [6.07, 6.45) is -2.23. The smallest absolute Gasteiger partial charge is 0.338 e. The second-order valence-electron chi connectivity index (χ2n) is 3.11. The van der Waals surface area contributed by atoms with E-state index in [1.807, 2.05) is 0 Å². The molecule has 2 atom stereocenters. The number of esters is 1. The van der Waals surface area contributed by atoms with Crippen molar-refractivity contribution in [3.63, 3.8) is 0 Å². The first-order chi connectivity index (χ1) is 7.97. The molecule has 0 aliphatic heterocycles. The number of anilines is 1. The summed E-state index contributed by atoms with van der Waals surface area (Å²) in [6.45, 7) is 1.66. The maximum Gasteiger partial charge on any atom is 0.338 e. The van der Waals surface area contributed by atoms with E-state index in [2.05, 4.69) is 14.7 Å². The summed E-state index contributed by atoms with van der Waals surface area (Å²) in [6, 6.07) is 0. The van der Waals surface area contributed by atoms with Crippen molar-refractivity contribution < 1.29 is 19.7 Å². The Bertz CT molecular complexity index is 415. The molecule has 0 saturated heterocycles. The van der Waals surface area contributed by atoms with Gasteiger partial charge in [-0.05, 0) is 6.92 Å². The molecular weight excluding hydrogens is 250 g/mol. The van der Waals surface area contributed by atoms with Gasteiger partial charge in [0.1, 0.15) is 17.6 Å². The molecule has 17 heavy (non-hydrogen) atoms. The van der Waals surface area contributed by atoms with Gasteiger partial charge in [-0.25, -0.2) is 9.78 Å². The molecule has 1 heterocycles. The number of aliphatic hydroxyl groups excluding tert-OH is 2. The van der Waals surface area contributed by atoms with Gasteiger partial charge >= 0.3 is 5.97 Å². The van der Waals surface area contributed by atoms with Gasteiger partial charge in [-0.2, -0.15) is 0 Å². The van der Waals surface area contributed by atoms with Crippen LogP contribution in [0.25, 0.3) is 0 Å². The second-order valence-corrected chi connectivity index (χ2v) is 3.47. The van der Waals surface area contributed by atoms with Crippen LogP contribution in [0.3, 0.4) is 0 Å². The minimum atomic E-state index is -1.77. The van der Waals surface area contributed by atoms with Crippen LogP contribution < -0.4 is 5.73 Å². The average molecular weight is 262 g/mol. The van der Waals surface area contributed by atoms with Gasteiger partial charge < -0.3 is 20.7 Å². The predicted molar refractivity (Wildman–Crippen MR) is 59.1 cm³/mol. The summed E-state index contributed by atoms with van der Waals surface area (Å²) < 4.78 is 4.54. The summed E-state index contributed by atoms with van der Waals surface area (Å²) in [5.41, 5.74) is 5.18. The van der Waals surface area contributed by atoms with Gasteiger partial charge in [-0.3, -0.25) is 4.98 Å². The van der Waals surface area contributed by atoms with Crippen LogP contribution >= 0.6 is 11.6 Å². The van der Waals surface area contributed by atoms with Crippen LogP contribution in [-0.2, 0) is 9.53 Å². The number of halogens is 1. The van der Waals surface area contributed by atoms with Gasteiger partial charge in [0.15, 0.2) is 11.3 Å². The zero-order chi connectivity index (χ0) is 13.0. The molecule has 0 aliphatic rings. The fraction of sp³-hybridized carbons (Fsp3) is 0.444. The third-order valence-electron chi connectivity index (χ3n) is 1.88. The van der Waals surface area contributed by atoms with Gasteiger partial charge in [0.05, 0.1) is 12.8 Å².